The number of aliphatic carboxylic acids is 1. The van der Waals surface area contributed by atoms with Gasteiger partial charge in [0.15, 0.2) is 0 Å². The molecule has 2 aromatic rings. The predicted molar refractivity (Wildman–Crippen MR) is 144 cm³/mol. The lowest BCUT2D eigenvalue weighted by atomic mass is 9.95. The number of nitrogens with zero attached hydrogens (tertiary/aromatic N) is 1. The molecule has 36 heavy (non-hydrogen) atoms. The molecule has 10 heteroatoms. The lowest BCUT2D eigenvalue weighted by Gasteiger charge is -2.26. The SMILES string of the molecule is CSCC[C@H](NC(=O)c1ccc(S(=O)(=O)NCCN2CCCCC2)cc1-c1ccccc1C)C(=O)O. The van der Waals surface area contributed by atoms with Crippen LogP contribution >= 0.6 is 11.8 Å². The van der Waals surface area contributed by atoms with Crippen molar-refractivity contribution in [2.24, 2.45) is 0 Å². The summed E-state index contributed by atoms with van der Waals surface area (Å²) in [4.78, 5) is 27.2. The Kier molecular flexibility index (Phi) is 10.4. The summed E-state index contributed by atoms with van der Waals surface area (Å²) in [6, 6.07) is 10.7. The Morgan fingerprint density at radius 3 is 2.47 bits per heavy atom. The van der Waals surface area contributed by atoms with Gasteiger partial charge in [-0.3, -0.25) is 4.79 Å². The van der Waals surface area contributed by atoms with Crippen LogP contribution in [0, 0.1) is 6.92 Å². The molecular formula is C26H35N3O5S2. The average molecular weight is 534 g/mol. The second-order valence-electron chi connectivity index (χ2n) is 8.97. The number of hydrogen-bond donors (Lipinski definition) is 3. The molecule has 0 radical (unpaired) electrons. The van der Waals surface area contributed by atoms with Crippen molar-refractivity contribution in [1.29, 1.82) is 0 Å². The molecule has 1 fully saturated rings. The maximum atomic E-state index is 13.2. The van der Waals surface area contributed by atoms with Gasteiger partial charge in [-0.15, -0.1) is 0 Å². The number of carbonyl (C=O) groups is 2. The highest BCUT2D eigenvalue weighted by Crippen LogP contribution is 2.29. The number of nitrogens with one attached hydrogen (secondary N) is 2. The van der Waals surface area contributed by atoms with E-state index in [1.807, 2.05) is 37.4 Å². The van der Waals surface area contributed by atoms with Crippen LogP contribution in [0.2, 0.25) is 0 Å². The number of carbonyl (C=O) groups excluding carboxylic acids is 1. The van der Waals surface area contributed by atoms with Crippen molar-refractivity contribution in [1.82, 2.24) is 14.9 Å². The van der Waals surface area contributed by atoms with Crippen molar-refractivity contribution in [2.75, 3.05) is 38.2 Å². The molecule has 2 aromatic carbocycles. The van der Waals surface area contributed by atoms with E-state index in [0.717, 1.165) is 31.5 Å². The molecule has 0 saturated carbocycles. The average Bonchev–Trinajstić information content (AvgIpc) is 2.86. The predicted octanol–water partition coefficient (Wildman–Crippen LogP) is 3.36. The zero-order valence-corrected chi connectivity index (χ0v) is 22.5. The molecule has 0 unspecified atom stereocenters. The quantitative estimate of drug-likeness (QED) is 0.383. The van der Waals surface area contributed by atoms with Gasteiger partial charge >= 0.3 is 5.97 Å². The molecule has 8 nitrogen and oxygen atoms in total. The Morgan fingerprint density at radius 2 is 1.81 bits per heavy atom. The van der Waals surface area contributed by atoms with E-state index >= 15 is 0 Å². The van der Waals surface area contributed by atoms with Gasteiger partial charge in [0.1, 0.15) is 6.04 Å². The molecule has 3 N–H and O–H groups in total. The maximum absolute atomic E-state index is 13.2. The molecule has 1 atom stereocenters. The van der Waals surface area contributed by atoms with Crippen molar-refractivity contribution in [3.05, 3.63) is 53.6 Å². The molecule has 1 saturated heterocycles. The number of carboxylic acid groups (broad SMARTS) is 1. The number of carboxylic acids is 1. The van der Waals surface area contributed by atoms with Crippen LogP contribution in [0.3, 0.4) is 0 Å². The van der Waals surface area contributed by atoms with Crippen LogP contribution in [0.5, 0.6) is 0 Å². The molecule has 0 aliphatic carbocycles. The third kappa shape index (κ3) is 7.55. The fourth-order valence-electron chi connectivity index (χ4n) is 4.32. The molecule has 196 valence electrons. The Balaban J connectivity index is 1.88. The van der Waals surface area contributed by atoms with Crippen molar-refractivity contribution in [3.63, 3.8) is 0 Å². The van der Waals surface area contributed by atoms with E-state index in [-0.39, 0.29) is 16.9 Å². The first-order chi connectivity index (χ1) is 17.2. The largest absolute Gasteiger partial charge is 0.480 e. The van der Waals surface area contributed by atoms with Crippen LogP contribution in [-0.2, 0) is 14.8 Å². The highest BCUT2D eigenvalue weighted by atomic mass is 32.2. The monoisotopic (exact) mass is 533 g/mol. The number of hydrogen-bond acceptors (Lipinski definition) is 6. The van der Waals surface area contributed by atoms with Gasteiger partial charge in [-0.25, -0.2) is 17.9 Å². The number of piperidine rings is 1. The number of thioether (sulfide) groups is 1. The lowest BCUT2D eigenvalue weighted by Crippen LogP contribution is -2.41. The number of sulfonamides is 1. The maximum Gasteiger partial charge on any atom is 0.326 e. The third-order valence-corrected chi connectivity index (χ3v) is 8.47. The first kappa shape index (κ1) is 28.2. The standard InChI is InChI=1S/C26H35N3O5S2/c1-19-8-4-5-9-21(19)23-18-20(36(33,34)27-13-16-29-14-6-3-7-15-29)10-11-22(23)25(30)28-24(26(31)32)12-17-35-2/h4-5,8-11,18,24,27H,3,6-7,12-17H2,1-2H3,(H,28,30)(H,31,32)/t24-/m0/s1. The van der Waals surface area contributed by atoms with Crippen molar-refractivity contribution in [3.8, 4) is 11.1 Å². The molecule has 0 spiro atoms. The van der Waals surface area contributed by atoms with E-state index in [2.05, 4.69) is 14.9 Å². The summed E-state index contributed by atoms with van der Waals surface area (Å²) in [5, 5.41) is 12.1. The Hall–Kier alpha value is -2.40. The summed E-state index contributed by atoms with van der Waals surface area (Å²) in [5.74, 6) is -1.07. The highest BCUT2D eigenvalue weighted by Gasteiger charge is 2.24. The smallest absolute Gasteiger partial charge is 0.326 e. The van der Waals surface area contributed by atoms with Crippen LogP contribution in [0.4, 0.5) is 0 Å². The number of rotatable bonds is 12. The Labute approximate surface area is 217 Å². The minimum atomic E-state index is -3.80. The minimum absolute atomic E-state index is 0.0631. The third-order valence-electron chi connectivity index (χ3n) is 6.36. The molecule has 1 aliphatic rings. The van der Waals surface area contributed by atoms with Crippen LogP contribution in [-0.4, -0.2) is 74.5 Å². The summed E-state index contributed by atoms with van der Waals surface area (Å²) in [5.41, 5.74) is 2.26. The topological polar surface area (TPSA) is 116 Å². The van der Waals surface area contributed by atoms with Gasteiger partial charge in [-0.05, 0) is 86.2 Å². The van der Waals surface area contributed by atoms with Gasteiger partial charge in [-0.2, -0.15) is 11.8 Å². The first-order valence-electron chi connectivity index (χ1n) is 12.2. The number of amides is 1. The van der Waals surface area contributed by atoms with Gasteiger partial charge in [0, 0.05) is 18.7 Å². The second-order valence-corrected chi connectivity index (χ2v) is 11.7. The lowest BCUT2D eigenvalue weighted by molar-refractivity contribution is -0.139. The Bertz CT molecular complexity index is 1160. The van der Waals surface area contributed by atoms with Gasteiger partial charge in [0.2, 0.25) is 10.0 Å². The van der Waals surface area contributed by atoms with Crippen LogP contribution in [0.25, 0.3) is 11.1 Å². The summed E-state index contributed by atoms with van der Waals surface area (Å²) in [6.07, 6.45) is 5.65. The molecular weight excluding hydrogens is 498 g/mol. The zero-order chi connectivity index (χ0) is 26.1. The molecule has 1 amide bonds. The zero-order valence-electron chi connectivity index (χ0n) is 20.8. The first-order valence-corrected chi connectivity index (χ1v) is 15.1. The molecule has 0 bridgehead atoms. The fraction of sp³-hybridized carbons (Fsp3) is 0.462. The van der Waals surface area contributed by atoms with Gasteiger partial charge in [-0.1, -0.05) is 30.7 Å². The summed E-state index contributed by atoms with van der Waals surface area (Å²) in [7, 11) is -3.80. The van der Waals surface area contributed by atoms with E-state index in [9.17, 15) is 23.1 Å². The minimum Gasteiger partial charge on any atom is -0.480 e. The van der Waals surface area contributed by atoms with Crippen molar-refractivity contribution < 1.29 is 23.1 Å². The van der Waals surface area contributed by atoms with E-state index in [1.54, 1.807) is 0 Å². The summed E-state index contributed by atoms with van der Waals surface area (Å²) < 4.78 is 28.9. The fourth-order valence-corrected chi connectivity index (χ4v) is 5.84. The Morgan fingerprint density at radius 1 is 1.08 bits per heavy atom. The number of aryl methyl sites for hydroxylation is 1. The van der Waals surface area contributed by atoms with Gasteiger partial charge < -0.3 is 15.3 Å². The van der Waals surface area contributed by atoms with E-state index < -0.39 is 27.9 Å². The number of likely N-dealkylation sites (tertiary alicyclic amines) is 1. The van der Waals surface area contributed by atoms with Crippen molar-refractivity contribution in [2.45, 2.75) is 43.5 Å². The normalized spacial score (nSPS) is 15.4. The summed E-state index contributed by atoms with van der Waals surface area (Å²) >= 11 is 1.50. The van der Waals surface area contributed by atoms with E-state index in [4.69, 9.17) is 0 Å². The highest BCUT2D eigenvalue weighted by molar-refractivity contribution is 7.98. The van der Waals surface area contributed by atoms with E-state index in [1.165, 1.54) is 36.4 Å². The molecule has 1 heterocycles. The molecule has 0 aromatic heterocycles. The van der Waals surface area contributed by atoms with Gasteiger partial charge in [0.25, 0.3) is 5.91 Å². The van der Waals surface area contributed by atoms with Crippen LogP contribution in [0.1, 0.15) is 41.6 Å². The van der Waals surface area contributed by atoms with Gasteiger partial charge in [0.05, 0.1) is 4.90 Å². The second kappa shape index (κ2) is 13.2. The number of benzene rings is 2. The summed E-state index contributed by atoms with van der Waals surface area (Å²) in [6.45, 7) is 4.80. The van der Waals surface area contributed by atoms with Crippen LogP contribution in [0.15, 0.2) is 47.4 Å². The molecule has 3 rings (SSSR count). The molecule has 1 aliphatic heterocycles. The van der Waals surface area contributed by atoms with Crippen LogP contribution < -0.4 is 10.0 Å². The van der Waals surface area contributed by atoms with Crippen molar-refractivity contribution >= 4 is 33.7 Å². The van der Waals surface area contributed by atoms with E-state index in [0.29, 0.717) is 30.0 Å².